The number of rotatable bonds is 2. The molecule has 0 saturated carbocycles. The molecule has 0 aromatic heterocycles. The molecule has 1 saturated heterocycles. The Kier molecular flexibility index (Phi) is 5.86. The number of likely N-dealkylation sites (N-methyl/N-ethyl adjacent to an activating group) is 1. The third-order valence-electron chi connectivity index (χ3n) is 3.14. The molecule has 1 fully saturated rings. The summed E-state index contributed by atoms with van der Waals surface area (Å²) in [5.74, 6) is 0.130. The maximum absolute atomic E-state index is 11.2. The maximum atomic E-state index is 11.2. The van der Waals surface area contributed by atoms with Crippen LogP contribution in [-0.4, -0.2) is 43.9 Å². The molecule has 0 radical (unpaired) electrons. The first-order valence-corrected chi connectivity index (χ1v) is 6.71. The lowest BCUT2D eigenvalue weighted by Crippen LogP contribution is -2.44. The van der Waals surface area contributed by atoms with Gasteiger partial charge in [-0.05, 0) is 38.2 Å². The summed E-state index contributed by atoms with van der Waals surface area (Å²) >= 11 is 0. The molecular weight excluding hydrogens is 224 g/mol. The van der Waals surface area contributed by atoms with Gasteiger partial charge in [-0.1, -0.05) is 13.8 Å². The standard InChI is InChI=1S/C13H18N2O.C2H6/c1-11(16)12-3-5-13(6-4-12)15-9-7-14(2)8-10-15;1-2/h3-6H,7-10H2,1-2H3;1-2H3. The molecule has 0 atom stereocenters. The summed E-state index contributed by atoms with van der Waals surface area (Å²) in [6.07, 6.45) is 0. The molecular formula is C15H24N2O. The first-order chi connectivity index (χ1) is 8.66. The molecule has 0 N–H and O–H groups in total. The van der Waals surface area contributed by atoms with Crippen molar-refractivity contribution < 1.29 is 4.79 Å². The molecule has 1 heterocycles. The average Bonchev–Trinajstić information content (AvgIpc) is 2.42. The normalized spacial score (nSPS) is 15.9. The number of ketones is 1. The summed E-state index contributed by atoms with van der Waals surface area (Å²) < 4.78 is 0. The van der Waals surface area contributed by atoms with Crippen LogP contribution < -0.4 is 4.90 Å². The number of hydrogen-bond donors (Lipinski definition) is 0. The molecule has 2 rings (SSSR count). The zero-order valence-corrected chi connectivity index (χ0v) is 11.9. The zero-order chi connectivity index (χ0) is 13.5. The quantitative estimate of drug-likeness (QED) is 0.752. The minimum absolute atomic E-state index is 0.130. The van der Waals surface area contributed by atoms with E-state index in [0.717, 1.165) is 31.7 Å². The second-order valence-electron chi connectivity index (χ2n) is 4.39. The van der Waals surface area contributed by atoms with E-state index >= 15 is 0 Å². The molecule has 0 amide bonds. The first-order valence-electron chi connectivity index (χ1n) is 6.71. The van der Waals surface area contributed by atoms with Crippen LogP contribution in [-0.2, 0) is 0 Å². The molecule has 1 aromatic carbocycles. The van der Waals surface area contributed by atoms with Crippen LogP contribution in [0.1, 0.15) is 31.1 Å². The molecule has 1 aliphatic heterocycles. The van der Waals surface area contributed by atoms with Gasteiger partial charge in [0, 0.05) is 37.4 Å². The number of piperazine rings is 1. The first kappa shape index (κ1) is 14.7. The fourth-order valence-electron chi connectivity index (χ4n) is 1.97. The molecule has 3 nitrogen and oxygen atoms in total. The third-order valence-corrected chi connectivity index (χ3v) is 3.14. The fraction of sp³-hybridized carbons (Fsp3) is 0.533. The Morgan fingerprint density at radius 2 is 1.50 bits per heavy atom. The third kappa shape index (κ3) is 3.84. The minimum Gasteiger partial charge on any atom is -0.369 e. The molecule has 0 aliphatic carbocycles. The minimum atomic E-state index is 0.130. The van der Waals surface area contributed by atoms with Gasteiger partial charge < -0.3 is 9.80 Å². The fourth-order valence-corrected chi connectivity index (χ4v) is 1.97. The van der Waals surface area contributed by atoms with E-state index in [1.165, 1.54) is 5.69 Å². The Morgan fingerprint density at radius 3 is 1.94 bits per heavy atom. The summed E-state index contributed by atoms with van der Waals surface area (Å²) in [6.45, 7) is 9.94. The molecule has 0 spiro atoms. The predicted molar refractivity (Wildman–Crippen MR) is 77.5 cm³/mol. The van der Waals surface area contributed by atoms with E-state index in [-0.39, 0.29) is 5.78 Å². The maximum Gasteiger partial charge on any atom is 0.159 e. The molecule has 0 unspecified atom stereocenters. The highest BCUT2D eigenvalue weighted by Crippen LogP contribution is 2.17. The topological polar surface area (TPSA) is 23.6 Å². The van der Waals surface area contributed by atoms with Crippen molar-refractivity contribution in [2.75, 3.05) is 38.1 Å². The van der Waals surface area contributed by atoms with Crippen molar-refractivity contribution in [3.05, 3.63) is 29.8 Å². The van der Waals surface area contributed by atoms with Gasteiger partial charge in [0.2, 0.25) is 0 Å². The number of Topliss-reactive ketones (excluding diaryl/α,β-unsaturated/α-hetero) is 1. The van der Waals surface area contributed by atoms with Crippen molar-refractivity contribution in [1.29, 1.82) is 0 Å². The Labute approximate surface area is 110 Å². The number of nitrogens with zero attached hydrogens (tertiary/aromatic N) is 2. The Balaban J connectivity index is 0.000000771. The lowest BCUT2D eigenvalue weighted by Gasteiger charge is -2.34. The van der Waals surface area contributed by atoms with Crippen LogP contribution in [0.5, 0.6) is 0 Å². The van der Waals surface area contributed by atoms with Crippen molar-refractivity contribution in [1.82, 2.24) is 4.90 Å². The summed E-state index contributed by atoms with van der Waals surface area (Å²) in [5.41, 5.74) is 2.01. The van der Waals surface area contributed by atoms with Crippen LogP contribution >= 0.6 is 0 Å². The summed E-state index contributed by atoms with van der Waals surface area (Å²) in [6, 6.07) is 7.91. The van der Waals surface area contributed by atoms with Crippen LogP contribution in [0.2, 0.25) is 0 Å². The monoisotopic (exact) mass is 248 g/mol. The van der Waals surface area contributed by atoms with E-state index in [2.05, 4.69) is 16.8 Å². The Hall–Kier alpha value is -1.35. The summed E-state index contributed by atoms with van der Waals surface area (Å²) in [5, 5.41) is 0. The lowest BCUT2D eigenvalue weighted by molar-refractivity contribution is 0.101. The van der Waals surface area contributed by atoms with E-state index in [9.17, 15) is 4.79 Å². The van der Waals surface area contributed by atoms with Gasteiger partial charge in [0.1, 0.15) is 0 Å². The lowest BCUT2D eigenvalue weighted by atomic mass is 10.1. The average molecular weight is 248 g/mol. The Morgan fingerprint density at radius 1 is 1.00 bits per heavy atom. The van der Waals surface area contributed by atoms with E-state index in [1.807, 2.05) is 38.1 Å². The van der Waals surface area contributed by atoms with Gasteiger partial charge in [-0.3, -0.25) is 4.79 Å². The van der Waals surface area contributed by atoms with Crippen molar-refractivity contribution in [3.63, 3.8) is 0 Å². The van der Waals surface area contributed by atoms with Crippen molar-refractivity contribution >= 4 is 11.5 Å². The second kappa shape index (κ2) is 7.17. The highest BCUT2D eigenvalue weighted by molar-refractivity contribution is 5.94. The number of benzene rings is 1. The van der Waals surface area contributed by atoms with Crippen LogP contribution in [0.3, 0.4) is 0 Å². The molecule has 1 aromatic rings. The van der Waals surface area contributed by atoms with E-state index in [1.54, 1.807) is 6.92 Å². The molecule has 18 heavy (non-hydrogen) atoms. The van der Waals surface area contributed by atoms with Crippen LogP contribution in [0.25, 0.3) is 0 Å². The van der Waals surface area contributed by atoms with Gasteiger partial charge >= 0.3 is 0 Å². The van der Waals surface area contributed by atoms with Crippen LogP contribution in [0.15, 0.2) is 24.3 Å². The van der Waals surface area contributed by atoms with Gasteiger partial charge in [0.25, 0.3) is 0 Å². The number of hydrogen-bond acceptors (Lipinski definition) is 3. The SMILES string of the molecule is CC.CC(=O)c1ccc(N2CCN(C)CC2)cc1. The van der Waals surface area contributed by atoms with Gasteiger partial charge in [-0.25, -0.2) is 0 Å². The van der Waals surface area contributed by atoms with Gasteiger partial charge in [-0.2, -0.15) is 0 Å². The smallest absolute Gasteiger partial charge is 0.159 e. The summed E-state index contributed by atoms with van der Waals surface area (Å²) in [4.78, 5) is 15.9. The number of carbonyl (C=O) groups excluding carboxylic acids is 1. The van der Waals surface area contributed by atoms with Crippen LogP contribution in [0, 0.1) is 0 Å². The summed E-state index contributed by atoms with van der Waals surface area (Å²) in [7, 11) is 2.15. The van der Waals surface area contributed by atoms with Crippen molar-refractivity contribution in [2.24, 2.45) is 0 Å². The number of anilines is 1. The Bertz CT molecular complexity index is 365. The van der Waals surface area contributed by atoms with Gasteiger partial charge in [0.05, 0.1) is 0 Å². The van der Waals surface area contributed by atoms with Crippen molar-refractivity contribution in [2.45, 2.75) is 20.8 Å². The van der Waals surface area contributed by atoms with E-state index in [4.69, 9.17) is 0 Å². The van der Waals surface area contributed by atoms with E-state index < -0.39 is 0 Å². The highest BCUT2D eigenvalue weighted by Gasteiger charge is 2.14. The molecule has 3 heteroatoms. The van der Waals surface area contributed by atoms with Gasteiger partial charge in [-0.15, -0.1) is 0 Å². The number of carbonyl (C=O) groups is 1. The van der Waals surface area contributed by atoms with E-state index in [0.29, 0.717) is 0 Å². The second-order valence-corrected chi connectivity index (χ2v) is 4.39. The van der Waals surface area contributed by atoms with Crippen molar-refractivity contribution in [3.8, 4) is 0 Å². The molecule has 100 valence electrons. The highest BCUT2D eigenvalue weighted by atomic mass is 16.1. The van der Waals surface area contributed by atoms with Crippen LogP contribution in [0.4, 0.5) is 5.69 Å². The largest absolute Gasteiger partial charge is 0.369 e. The van der Waals surface area contributed by atoms with Gasteiger partial charge in [0.15, 0.2) is 5.78 Å². The predicted octanol–water partition coefficient (Wildman–Crippen LogP) is 2.67. The molecule has 0 bridgehead atoms. The molecule has 1 aliphatic rings. The zero-order valence-electron chi connectivity index (χ0n) is 11.9.